The maximum absolute atomic E-state index is 14.0. The maximum atomic E-state index is 14.0. The van der Waals surface area contributed by atoms with Crippen molar-refractivity contribution in [2.45, 2.75) is 62.4 Å². The Kier molecular flexibility index (Phi) is 10.7. The molecule has 4 rings (SSSR count). The molecule has 0 heterocycles. The monoisotopic (exact) mass is 615 g/mol. The van der Waals surface area contributed by atoms with E-state index in [0.717, 1.165) is 42.0 Å². The largest absolute Gasteiger partial charge is 0.352 e. The Labute approximate surface area is 252 Å². The van der Waals surface area contributed by atoms with Crippen molar-refractivity contribution in [3.8, 4) is 0 Å². The number of amides is 2. The first-order chi connectivity index (χ1) is 19.6. The Balaban J connectivity index is 1.63. The molecular weight excluding hydrogens is 581 g/mol. The van der Waals surface area contributed by atoms with Gasteiger partial charge in [0.2, 0.25) is 11.8 Å². The summed E-state index contributed by atoms with van der Waals surface area (Å²) in [6, 6.07) is 21.0. The molecule has 0 spiro atoms. The second kappa shape index (κ2) is 14.2. The topological polar surface area (TPSA) is 86.8 Å². The molecule has 218 valence electrons. The van der Waals surface area contributed by atoms with Gasteiger partial charge in [0, 0.05) is 22.6 Å². The van der Waals surface area contributed by atoms with Gasteiger partial charge in [-0.15, -0.1) is 0 Å². The van der Waals surface area contributed by atoms with Gasteiger partial charge in [0.1, 0.15) is 12.6 Å². The number of hydrogen-bond donors (Lipinski definition) is 1. The highest BCUT2D eigenvalue weighted by molar-refractivity contribution is 7.92. The van der Waals surface area contributed by atoms with Crippen LogP contribution >= 0.6 is 23.2 Å². The second-order valence-electron chi connectivity index (χ2n) is 10.3. The fourth-order valence-electron chi connectivity index (χ4n) is 5.03. The molecule has 1 N–H and O–H groups in total. The molecule has 0 saturated heterocycles. The van der Waals surface area contributed by atoms with Gasteiger partial charge in [0.15, 0.2) is 0 Å². The van der Waals surface area contributed by atoms with Crippen molar-refractivity contribution in [3.05, 3.63) is 94.5 Å². The van der Waals surface area contributed by atoms with Crippen LogP contribution in [0.1, 0.15) is 44.6 Å². The molecule has 1 atom stereocenters. The fraction of sp³-hybridized carbons (Fsp3) is 0.355. The quantitative estimate of drug-likeness (QED) is 0.282. The lowest BCUT2D eigenvalue weighted by Crippen LogP contribution is -2.53. The van der Waals surface area contributed by atoms with Gasteiger partial charge in [-0.2, -0.15) is 0 Å². The van der Waals surface area contributed by atoms with E-state index in [0.29, 0.717) is 16.5 Å². The van der Waals surface area contributed by atoms with E-state index in [1.54, 1.807) is 25.1 Å². The zero-order chi connectivity index (χ0) is 29.4. The normalized spacial score (nSPS) is 14.7. The van der Waals surface area contributed by atoms with Crippen LogP contribution in [-0.2, 0) is 26.0 Å². The van der Waals surface area contributed by atoms with Gasteiger partial charge in [-0.3, -0.25) is 13.9 Å². The number of hydrogen-bond acceptors (Lipinski definition) is 4. The summed E-state index contributed by atoms with van der Waals surface area (Å²) >= 11 is 12.2. The standard InChI is InChI=1S/C31H35Cl2N3O4S/c1-23(31(38)34-27-12-6-3-7-13-27)35(20-19-24-9-4-2-5-10-24)30(37)22-36(28-14-8-11-26(33)21-28)41(39,40)29-17-15-25(32)16-18-29/h2,4-5,8-11,14-18,21,23,27H,3,6-7,12-13,19-20,22H2,1H3,(H,34,38)/t23-/m0/s1. The van der Waals surface area contributed by atoms with Crippen molar-refractivity contribution in [3.63, 3.8) is 0 Å². The maximum Gasteiger partial charge on any atom is 0.264 e. The van der Waals surface area contributed by atoms with Crippen LogP contribution in [0.15, 0.2) is 83.8 Å². The van der Waals surface area contributed by atoms with E-state index in [-0.39, 0.29) is 29.1 Å². The van der Waals surface area contributed by atoms with Crippen LogP contribution in [0.25, 0.3) is 0 Å². The smallest absolute Gasteiger partial charge is 0.264 e. The first kappa shape index (κ1) is 30.9. The predicted octanol–water partition coefficient (Wildman–Crippen LogP) is 6.10. The third kappa shape index (κ3) is 8.24. The number of carbonyl (C=O) groups excluding carboxylic acids is 2. The number of halogens is 2. The third-order valence-electron chi connectivity index (χ3n) is 7.38. The predicted molar refractivity (Wildman–Crippen MR) is 164 cm³/mol. The van der Waals surface area contributed by atoms with Crippen LogP contribution < -0.4 is 9.62 Å². The molecule has 2 amide bonds. The Hall–Kier alpha value is -3.07. The van der Waals surface area contributed by atoms with Crippen LogP contribution in [-0.4, -0.2) is 50.3 Å². The zero-order valence-corrected chi connectivity index (χ0v) is 25.3. The van der Waals surface area contributed by atoms with Gasteiger partial charge in [-0.25, -0.2) is 8.42 Å². The van der Waals surface area contributed by atoms with Gasteiger partial charge < -0.3 is 10.2 Å². The SMILES string of the molecule is C[C@@H](C(=O)NC1CCCCC1)N(CCc1ccccc1)C(=O)CN(c1cccc(Cl)c1)S(=O)(=O)c1ccc(Cl)cc1. The molecule has 41 heavy (non-hydrogen) atoms. The highest BCUT2D eigenvalue weighted by atomic mass is 35.5. The van der Waals surface area contributed by atoms with E-state index in [9.17, 15) is 18.0 Å². The number of carbonyl (C=O) groups is 2. The molecule has 1 aliphatic carbocycles. The summed E-state index contributed by atoms with van der Waals surface area (Å²) in [6.45, 7) is 1.42. The summed E-state index contributed by atoms with van der Waals surface area (Å²) in [4.78, 5) is 28.8. The van der Waals surface area contributed by atoms with Crippen molar-refractivity contribution in [1.82, 2.24) is 10.2 Å². The van der Waals surface area contributed by atoms with Crippen LogP contribution in [0.2, 0.25) is 10.0 Å². The number of nitrogens with one attached hydrogen (secondary N) is 1. The molecule has 1 saturated carbocycles. The summed E-state index contributed by atoms with van der Waals surface area (Å²) < 4.78 is 28.7. The summed E-state index contributed by atoms with van der Waals surface area (Å²) in [5.41, 5.74) is 1.24. The minimum atomic E-state index is -4.18. The van der Waals surface area contributed by atoms with E-state index >= 15 is 0 Å². The highest BCUT2D eigenvalue weighted by Crippen LogP contribution is 2.27. The third-order valence-corrected chi connectivity index (χ3v) is 9.65. The first-order valence-electron chi connectivity index (χ1n) is 13.8. The molecule has 1 fully saturated rings. The van der Waals surface area contributed by atoms with Crippen LogP contribution in [0.3, 0.4) is 0 Å². The molecule has 1 aliphatic rings. The summed E-state index contributed by atoms with van der Waals surface area (Å²) in [7, 11) is -4.18. The lowest BCUT2D eigenvalue weighted by molar-refractivity contribution is -0.139. The second-order valence-corrected chi connectivity index (χ2v) is 13.0. The van der Waals surface area contributed by atoms with Crippen LogP contribution in [0.4, 0.5) is 5.69 Å². The van der Waals surface area contributed by atoms with Crippen molar-refractivity contribution < 1.29 is 18.0 Å². The van der Waals surface area contributed by atoms with E-state index in [1.807, 2.05) is 30.3 Å². The molecule has 3 aromatic rings. The van der Waals surface area contributed by atoms with Crippen molar-refractivity contribution in [1.29, 1.82) is 0 Å². The van der Waals surface area contributed by atoms with E-state index in [4.69, 9.17) is 23.2 Å². The molecule has 3 aromatic carbocycles. The fourth-order valence-corrected chi connectivity index (χ4v) is 6.75. The van der Waals surface area contributed by atoms with Crippen molar-refractivity contribution >= 4 is 50.7 Å². The Morgan fingerprint density at radius 1 is 0.902 bits per heavy atom. The minimum absolute atomic E-state index is 0.0198. The summed E-state index contributed by atoms with van der Waals surface area (Å²) in [5, 5.41) is 3.83. The lowest BCUT2D eigenvalue weighted by Gasteiger charge is -2.33. The van der Waals surface area contributed by atoms with Crippen LogP contribution in [0.5, 0.6) is 0 Å². The molecule has 0 aromatic heterocycles. The summed E-state index contributed by atoms with van der Waals surface area (Å²) in [5.74, 6) is -0.738. The molecule has 0 bridgehead atoms. The molecule has 0 radical (unpaired) electrons. The average Bonchev–Trinajstić information content (AvgIpc) is 2.97. The zero-order valence-electron chi connectivity index (χ0n) is 23.0. The summed E-state index contributed by atoms with van der Waals surface area (Å²) in [6.07, 6.45) is 5.62. The number of benzene rings is 3. The first-order valence-corrected chi connectivity index (χ1v) is 16.0. The lowest BCUT2D eigenvalue weighted by atomic mass is 9.95. The van der Waals surface area contributed by atoms with Gasteiger partial charge in [0.25, 0.3) is 10.0 Å². The number of rotatable bonds is 11. The highest BCUT2D eigenvalue weighted by Gasteiger charge is 2.33. The van der Waals surface area contributed by atoms with Crippen molar-refractivity contribution in [2.24, 2.45) is 0 Å². The van der Waals surface area contributed by atoms with Gasteiger partial charge in [0.05, 0.1) is 10.6 Å². The average molecular weight is 617 g/mol. The molecule has 7 nitrogen and oxygen atoms in total. The van der Waals surface area contributed by atoms with E-state index < -0.39 is 28.5 Å². The Morgan fingerprint density at radius 2 is 1.59 bits per heavy atom. The van der Waals surface area contributed by atoms with Crippen LogP contribution in [0, 0.1) is 0 Å². The van der Waals surface area contributed by atoms with Crippen molar-refractivity contribution in [2.75, 3.05) is 17.4 Å². The van der Waals surface area contributed by atoms with Gasteiger partial charge in [-0.05, 0) is 74.2 Å². The minimum Gasteiger partial charge on any atom is -0.352 e. The number of nitrogens with zero attached hydrogens (tertiary/aromatic N) is 2. The number of anilines is 1. The van der Waals surface area contributed by atoms with Gasteiger partial charge in [-0.1, -0.05) is 78.9 Å². The number of sulfonamides is 1. The molecule has 0 aliphatic heterocycles. The Bertz CT molecular complexity index is 1430. The Morgan fingerprint density at radius 3 is 2.24 bits per heavy atom. The molecule has 10 heteroatoms. The van der Waals surface area contributed by atoms with Gasteiger partial charge >= 0.3 is 0 Å². The molecular formula is C31H35Cl2N3O4S. The molecule has 0 unspecified atom stereocenters. The van der Waals surface area contributed by atoms with E-state index in [1.165, 1.54) is 35.2 Å². The van der Waals surface area contributed by atoms with E-state index in [2.05, 4.69) is 5.32 Å².